The zero-order valence-electron chi connectivity index (χ0n) is 12.8. The van der Waals surface area contributed by atoms with E-state index >= 15 is 0 Å². The second-order valence-corrected chi connectivity index (χ2v) is 7.57. The number of benzene rings is 1. The van der Waals surface area contributed by atoms with Gasteiger partial charge in [-0.05, 0) is 30.5 Å². The molecule has 5 nitrogen and oxygen atoms in total. The normalized spacial score (nSPS) is 11.8. The van der Waals surface area contributed by atoms with Crippen molar-refractivity contribution in [3.63, 3.8) is 0 Å². The fourth-order valence-electron chi connectivity index (χ4n) is 1.59. The number of nitrogens with one attached hydrogen (secondary N) is 2. The highest BCUT2D eigenvalue weighted by atomic mass is 32.2. The van der Waals surface area contributed by atoms with Crippen molar-refractivity contribution < 1.29 is 13.2 Å². The third-order valence-electron chi connectivity index (χ3n) is 2.66. The van der Waals surface area contributed by atoms with Crippen molar-refractivity contribution in [3.8, 4) is 5.75 Å². The van der Waals surface area contributed by atoms with E-state index in [9.17, 15) is 8.42 Å². The molecule has 21 heavy (non-hydrogen) atoms. The predicted molar refractivity (Wildman–Crippen MR) is 88.6 cm³/mol. The van der Waals surface area contributed by atoms with Gasteiger partial charge in [-0.25, -0.2) is 13.1 Å². The van der Waals surface area contributed by atoms with E-state index in [1.54, 1.807) is 36.0 Å². The molecule has 2 N–H and O–H groups in total. The fourth-order valence-corrected chi connectivity index (χ4v) is 3.06. The molecule has 0 atom stereocenters. The third-order valence-corrected chi connectivity index (χ3v) is 4.74. The quantitative estimate of drug-likeness (QED) is 0.639. The Bertz CT molecular complexity index is 501. The van der Waals surface area contributed by atoms with Gasteiger partial charge in [-0.2, -0.15) is 11.8 Å². The molecule has 0 heterocycles. The first-order valence-corrected chi connectivity index (χ1v) is 9.78. The van der Waals surface area contributed by atoms with Crippen LogP contribution in [0.25, 0.3) is 0 Å². The van der Waals surface area contributed by atoms with Crippen LogP contribution in [-0.2, 0) is 10.0 Å². The Labute approximate surface area is 131 Å². The van der Waals surface area contributed by atoms with Crippen LogP contribution in [0, 0.1) is 0 Å². The highest BCUT2D eigenvalue weighted by Gasteiger charge is 2.12. The van der Waals surface area contributed by atoms with Crippen LogP contribution in [0.5, 0.6) is 5.75 Å². The first kappa shape index (κ1) is 18.3. The summed E-state index contributed by atoms with van der Waals surface area (Å²) < 4.78 is 32.1. The Hall–Kier alpha value is -0.760. The maximum Gasteiger partial charge on any atom is 0.240 e. The molecule has 0 spiro atoms. The fraction of sp³-hybridized carbons (Fsp3) is 0.571. The molecule has 1 rings (SSSR count). The lowest BCUT2D eigenvalue weighted by molar-refractivity contribution is 0.308. The summed E-state index contributed by atoms with van der Waals surface area (Å²) in [7, 11) is -3.42. The van der Waals surface area contributed by atoms with Crippen molar-refractivity contribution in [2.45, 2.75) is 24.8 Å². The first-order chi connectivity index (χ1) is 9.95. The van der Waals surface area contributed by atoms with Crippen LogP contribution >= 0.6 is 11.8 Å². The lowest BCUT2D eigenvalue weighted by Crippen LogP contribution is -2.27. The lowest BCUT2D eigenvalue weighted by Gasteiger charge is -2.10. The molecule has 0 unspecified atom stereocenters. The molecule has 1 aromatic rings. The van der Waals surface area contributed by atoms with Gasteiger partial charge in [0.15, 0.2) is 0 Å². The highest BCUT2D eigenvalue weighted by Crippen LogP contribution is 2.15. The van der Waals surface area contributed by atoms with Gasteiger partial charge in [0.05, 0.1) is 4.90 Å². The molecule has 120 valence electrons. The van der Waals surface area contributed by atoms with Gasteiger partial charge in [-0.15, -0.1) is 0 Å². The standard InChI is InChI=1S/C14H24N2O3S2/c1-12(2)15-8-10-19-13-4-6-14(7-5-13)21(17,18)16-9-11-20-3/h4-7,12,15-16H,8-11H2,1-3H3. The third kappa shape index (κ3) is 7.17. The Morgan fingerprint density at radius 3 is 2.43 bits per heavy atom. The van der Waals surface area contributed by atoms with Crippen LogP contribution in [0.3, 0.4) is 0 Å². The summed E-state index contributed by atoms with van der Waals surface area (Å²) in [4.78, 5) is 0.260. The summed E-state index contributed by atoms with van der Waals surface area (Å²) in [5, 5.41) is 3.25. The van der Waals surface area contributed by atoms with Crippen LogP contribution in [0.4, 0.5) is 0 Å². The Balaban J connectivity index is 2.49. The summed E-state index contributed by atoms with van der Waals surface area (Å²) >= 11 is 1.60. The molecule has 0 bridgehead atoms. The topological polar surface area (TPSA) is 67.4 Å². The van der Waals surface area contributed by atoms with E-state index in [4.69, 9.17) is 4.74 Å². The average molecular weight is 332 g/mol. The van der Waals surface area contributed by atoms with Gasteiger partial charge in [0.25, 0.3) is 0 Å². The molecule has 1 aromatic carbocycles. The van der Waals surface area contributed by atoms with Crippen LogP contribution in [0.2, 0.25) is 0 Å². The summed E-state index contributed by atoms with van der Waals surface area (Å²) in [6.45, 7) is 5.89. The smallest absolute Gasteiger partial charge is 0.240 e. The van der Waals surface area contributed by atoms with Crippen molar-refractivity contribution in [3.05, 3.63) is 24.3 Å². The van der Waals surface area contributed by atoms with Crippen LogP contribution < -0.4 is 14.8 Å². The first-order valence-electron chi connectivity index (χ1n) is 6.90. The maximum atomic E-state index is 12.0. The van der Waals surface area contributed by atoms with Crippen molar-refractivity contribution in [2.24, 2.45) is 0 Å². The van der Waals surface area contributed by atoms with Crippen molar-refractivity contribution in [2.75, 3.05) is 31.7 Å². The van der Waals surface area contributed by atoms with Crippen LogP contribution in [0.1, 0.15) is 13.8 Å². The number of sulfonamides is 1. The minimum absolute atomic E-state index is 0.260. The van der Waals surface area contributed by atoms with Gasteiger partial charge < -0.3 is 10.1 Å². The Morgan fingerprint density at radius 2 is 1.86 bits per heavy atom. The molecule has 0 radical (unpaired) electrons. The van der Waals surface area contributed by atoms with Gasteiger partial charge in [0.2, 0.25) is 10.0 Å². The van der Waals surface area contributed by atoms with E-state index in [1.807, 2.05) is 6.26 Å². The van der Waals surface area contributed by atoms with E-state index in [0.29, 0.717) is 24.9 Å². The number of ether oxygens (including phenoxy) is 1. The summed E-state index contributed by atoms with van der Waals surface area (Å²) in [6, 6.07) is 6.91. The average Bonchev–Trinajstić information content (AvgIpc) is 2.44. The van der Waals surface area contributed by atoms with E-state index in [2.05, 4.69) is 23.9 Å². The minimum atomic E-state index is -3.42. The molecule has 0 aliphatic carbocycles. The predicted octanol–water partition coefficient (Wildman–Crippen LogP) is 1.70. The molecule has 0 saturated heterocycles. The van der Waals surface area contributed by atoms with Crippen LogP contribution in [-0.4, -0.2) is 46.2 Å². The molecule has 0 fully saturated rings. The van der Waals surface area contributed by atoms with E-state index in [1.165, 1.54) is 0 Å². The second kappa shape index (κ2) is 9.30. The zero-order valence-corrected chi connectivity index (χ0v) is 14.4. The Kier molecular flexibility index (Phi) is 8.10. The molecule has 7 heteroatoms. The molecule has 0 amide bonds. The van der Waals surface area contributed by atoms with Crippen molar-refractivity contribution in [1.82, 2.24) is 10.0 Å². The zero-order chi connectivity index (χ0) is 15.7. The molecule has 0 aromatic heterocycles. The highest BCUT2D eigenvalue weighted by molar-refractivity contribution is 7.98. The molecule has 0 aliphatic rings. The summed E-state index contributed by atoms with van der Waals surface area (Å²) in [5.41, 5.74) is 0. The number of rotatable bonds is 10. The Morgan fingerprint density at radius 1 is 1.19 bits per heavy atom. The van der Waals surface area contributed by atoms with Crippen molar-refractivity contribution >= 4 is 21.8 Å². The maximum absolute atomic E-state index is 12.0. The van der Waals surface area contributed by atoms with Gasteiger partial charge in [-0.1, -0.05) is 13.8 Å². The summed E-state index contributed by atoms with van der Waals surface area (Å²) in [6.07, 6.45) is 1.94. The molecular weight excluding hydrogens is 308 g/mol. The number of hydrogen-bond acceptors (Lipinski definition) is 5. The van der Waals surface area contributed by atoms with Gasteiger partial charge >= 0.3 is 0 Å². The van der Waals surface area contributed by atoms with Crippen LogP contribution in [0.15, 0.2) is 29.2 Å². The number of hydrogen-bond donors (Lipinski definition) is 2. The summed E-state index contributed by atoms with van der Waals surface area (Å²) in [5.74, 6) is 1.42. The van der Waals surface area contributed by atoms with E-state index in [-0.39, 0.29) is 4.90 Å². The molecule has 0 saturated carbocycles. The molecular formula is C14H24N2O3S2. The monoisotopic (exact) mass is 332 g/mol. The van der Waals surface area contributed by atoms with Gasteiger partial charge in [-0.3, -0.25) is 0 Å². The van der Waals surface area contributed by atoms with E-state index in [0.717, 1.165) is 12.3 Å². The second-order valence-electron chi connectivity index (χ2n) is 4.82. The molecule has 0 aliphatic heterocycles. The van der Waals surface area contributed by atoms with Gasteiger partial charge in [0, 0.05) is 24.9 Å². The lowest BCUT2D eigenvalue weighted by atomic mass is 10.3. The van der Waals surface area contributed by atoms with Gasteiger partial charge in [0.1, 0.15) is 12.4 Å². The number of thioether (sulfide) groups is 1. The van der Waals surface area contributed by atoms with Crippen molar-refractivity contribution in [1.29, 1.82) is 0 Å². The minimum Gasteiger partial charge on any atom is -0.492 e. The largest absolute Gasteiger partial charge is 0.492 e. The SMILES string of the molecule is CSCCNS(=O)(=O)c1ccc(OCCNC(C)C)cc1. The van der Waals surface area contributed by atoms with E-state index < -0.39 is 10.0 Å².